The number of aromatic hydroxyl groups is 1. The Labute approximate surface area is 83.4 Å². The van der Waals surface area contributed by atoms with E-state index in [4.69, 9.17) is 0 Å². The predicted octanol–water partition coefficient (Wildman–Crippen LogP) is 0.960. The van der Waals surface area contributed by atoms with E-state index in [1.54, 1.807) is 6.07 Å². The summed E-state index contributed by atoms with van der Waals surface area (Å²) in [6, 6.07) is 5.46. The molecule has 0 aromatic heterocycles. The van der Waals surface area contributed by atoms with Gasteiger partial charge in [0.05, 0.1) is 6.10 Å². The van der Waals surface area contributed by atoms with Gasteiger partial charge in [-0.2, -0.15) is 0 Å². The smallest absolute Gasteiger partial charge is 0.121 e. The Morgan fingerprint density at radius 1 is 1.43 bits per heavy atom. The van der Waals surface area contributed by atoms with Crippen molar-refractivity contribution in [1.29, 1.82) is 0 Å². The third-order valence-electron chi connectivity index (χ3n) is 2.95. The minimum Gasteiger partial charge on any atom is -0.508 e. The van der Waals surface area contributed by atoms with Gasteiger partial charge in [-0.1, -0.05) is 12.1 Å². The van der Waals surface area contributed by atoms with Crippen LogP contribution in [0.5, 0.6) is 5.75 Å². The second kappa shape index (κ2) is 3.59. The van der Waals surface area contributed by atoms with Crippen LogP contribution in [0.15, 0.2) is 18.2 Å². The van der Waals surface area contributed by atoms with Crippen LogP contribution in [0.1, 0.15) is 23.7 Å². The number of fused-ring (bicyclic) bond motifs is 1. The molecule has 0 radical (unpaired) electrons. The quantitative estimate of drug-likeness (QED) is 0.622. The summed E-state index contributed by atoms with van der Waals surface area (Å²) in [6.07, 6.45) is 1.23. The van der Waals surface area contributed by atoms with E-state index in [1.165, 1.54) is 0 Å². The van der Waals surface area contributed by atoms with E-state index >= 15 is 0 Å². The zero-order valence-electron chi connectivity index (χ0n) is 8.20. The molecule has 0 aliphatic heterocycles. The fraction of sp³-hybridized carbons (Fsp3) is 0.455. The highest BCUT2D eigenvalue weighted by atomic mass is 16.3. The Kier molecular flexibility index (Phi) is 2.44. The number of likely N-dealkylation sites (N-methyl/N-ethyl adjacent to an activating group) is 1. The minimum atomic E-state index is -0.593. The molecule has 2 unspecified atom stereocenters. The van der Waals surface area contributed by atoms with Gasteiger partial charge in [-0.05, 0) is 31.5 Å². The van der Waals surface area contributed by atoms with Crippen LogP contribution in [-0.4, -0.2) is 23.3 Å². The van der Waals surface area contributed by atoms with Crippen molar-refractivity contribution < 1.29 is 10.2 Å². The van der Waals surface area contributed by atoms with E-state index in [9.17, 15) is 10.2 Å². The maximum absolute atomic E-state index is 9.98. The molecule has 76 valence electrons. The number of phenols is 1. The maximum Gasteiger partial charge on any atom is 0.121 e. The minimum absolute atomic E-state index is 0.0517. The molecule has 1 aromatic rings. The Morgan fingerprint density at radius 2 is 2.21 bits per heavy atom. The highest BCUT2D eigenvalue weighted by molar-refractivity contribution is 5.43. The molecular weight excluding hydrogens is 178 g/mol. The molecule has 0 fully saturated rings. The molecule has 2 atom stereocenters. The number of aliphatic hydroxyl groups is 1. The van der Waals surface area contributed by atoms with Crippen LogP contribution in [0, 0.1) is 0 Å². The van der Waals surface area contributed by atoms with Crippen LogP contribution in [0.2, 0.25) is 0 Å². The maximum atomic E-state index is 9.98. The van der Waals surface area contributed by atoms with Gasteiger partial charge in [0, 0.05) is 11.6 Å². The van der Waals surface area contributed by atoms with E-state index < -0.39 is 6.10 Å². The highest BCUT2D eigenvalue weighted by Gasteiger charge is 2.28. The molecule has 0 bridgehead atoms. The summed E-state index contributed by atoms with van der Waals surface area (Å²) in [4.78, 5) is 0. The van der Waals surface area contributed by atoms with Crippen molar-refractivity contribution in [2.45, 2.75) is 25.0 Å². The fourth-order valence-corrected chi connectivity index (χ4v) is 2.13. The number of hydrogen-bond acceptors (Lipinski definition) is 3. The van der Waals surface area contributed by atoms with Gasteiger partial charge in [-0.15, -0.1) is 0 Å². The summed E-state index contributed by atoms with van der Waals surface area (Å²) in [6.45, 7) is 0. The van der Waals surface area contributed by atoms with Gasteiger partial charge in [-0.25, -0.2) is 0 Å². The van der Waals surface area contributed by atoms with Crippen LogP contribution in [0.4, 0.5) is 0 Å². The van der Waals surface area contributed by atoms with Crippen LogP contribution in [0.25, 0.3) is 0 Å². The molecule has 3 nitrogen and oxygen atoms in total. The molecule has 0 saturated heterocycles. The molecule has 0 spiro atoms. The number of benzene rings is 1. The topological polar surface area (TPSA) is 52.5 Å². The fourth-order valence-electron chi connectivity index (χ4n) is 2.13. The average Bonchev–Trinajstić information content (AvgIpc) is 2.18. The standard InChI is InChI=1S/C11H15NO2/c1-12-8-6-5-7-3-2-4-9(13)10(7)11(8)14/h2-4,8,11-14H,5-6H2,1H3. The molecule has 2 rings (SSSR count). The molecule has 1 aromatic carbocycles. The van der Waals surface area contributed by atoms with Crippen LogP contribution in [0.3, 0.4) is 0 Å². The first-order valence-corrected chi connectivity index (χ1v) is 4.90. The molecule has 1 aliphatic carbocycles. The first-order chi connectivity index (χ1) is 6.74. The number of rotatable bonds is 1. The van der Waals surface area contributed by atoms with Gasteiger partial charge >= 0.3 is 0 Å². The summed E-state index contributed by atoms with van der Waals surface area (Å²) in [5.74, 6) is 0.204. The average molecular weight is 193 g/mol. The molecule has 14 heavy (non-hydrogen) atoms. The van der Waals surface area contributed by atoms with Gasteiger partial charge in [0.15, 0.2) is 0 Å². The van der Waals surface area contributed by atoms with Crippen molar-refractivity contribution in [3.05, 3.63) is 29.3 Å². The van der Waals surface area contributed by atoms with E-state index in [2.05, 4.69) is 5.32 Å². The van der Waals surface area contributed by atoms with Gasteiger partial charge in [0.1, 0.15) is 5.75 Å². The van der Waals surface area contributed by atoms with Gasteiger partial charge in [0.2, 0.25) is 0 Å². The highest BCUT2D eigenvalue weighted by Crippen LogP contribution is 2.35. The van der Waals surface area contributed by atoms with Gasteiger partial charge in [0.25, 0.3) is 0 Å². The van der Waals surface area contributed by atoms with E-state index in [1.807, 2.05) is 19.2 Å². The summed E-state index contributed by atoms with van der Waals surface area (Å²) in [7, 11) is 1.83. The molecule has 0 amide bonds. The first kappa shape index (κ1) is 9.49. The molecule has 1 aliphatic rings. The van der Waals surface area contributed by atoms with Crippen LogP contribution < -0.4 is 5.32 Å². The summed E-state index contributed by atoms with van der Waals surface area (Å²) in [5.41, 5.74) is 1.75. The van der Waals surface area contributed by atoms with E-state index in [0.29, 0.717) is 5.56 Å². The zero-order valence-corrected chi connectivity index (χ0v) is 8.20. The van der Waals surface area contributed by atoms with Crippen molar-refractivity contribution in [3.8, 4) is 5.75 Å². The van der Waals surface area contributed by atoms with Crippen molar-refractivity contribution in [2.24, 2.45) is 0 Å². The number of phenolic OH excluding ortho intramolecular Hbond substituents is 1. The van der Waals surface area contributed by atoms with Crippen LogP contribution in [-0.2, 0) is 6.42 Å². The lowest BCUT2D eigenvalue weighted by Crippen LogP contribution is -2.35. The number of nitrogens with one attached hydrogen (secondary N) is 1. The molecule has 0 saturated carbocycles. The number of aliphatic hydroxyl groups excluding tert-OH is 1. The third kappa shape index (κ3) is 1.38. The van der Waals surface area contributed by atoms with Crippen molar-refractivity contribution in [2.75, 3.05) is 7.05 Å². The summed E-state index contributed by atoms with van der Waals surface area (Å²) >= 11 is 0. The second-order valence-electron chi connectivity index (χ2n) is 3.73. The molecule has 3 N–H and O–H groups in total. The van der Waals surface area contributed by atoms with Crippen molar-refractivity contribution in [3.63, 3.8) is 0 Å². The number of aryl methyl sites for hydroxylation is 1. The summed E-state index contributed by atoms with van der Waals surface area (Å²) in [5, 5.41) is 22.7. The first-order valence-electron chi connectivity index (χ1n) is 4.90. The Morgan fingerprint density at radius 3 is 2.93 bits per heavy atom. The third-order valence-corrected chi connectivity index (χ3v) is 2.95. The Bertz CT molecular complexity index is 338. The second-order valence-corrected chi connectivity index (χ2v) is 3.73. The monoisotopic (exact) mass is 193 g/mol. The lowest BCUT2D eigenvalue weighted by atomic mass is 9.85. The van der Waals surface area contributed by atoms with E-state index in [0.717, 1.165) is 18.4 Å². The molecule has 3 heteroatoms. The van der Waals surface area contributed by atoms with Gasteiger partial charge in [-0.3, -0.25) is 0 Å². The zero-order chi connectivity index (χ0) is 10.1. The largest absolute Gasteiger partial charge is 0.508 e. The van der Waals surface area contributed by atoms with Gasteiger partial charge < -0.3 is 15.5 Å². The van der Waals surface area contributed by atoms with E-state index in [-0.39, 0.29) is 11.8 Å². The lowest BCUT2D eigenvalue weighted by molar-refractivity contribution is 0.116. The van der Waals surface area contributed by atoms with Crippen LogP contribution >= 0.6 is 0 Å². The SMILES string of the molecule is CNC1CCc2cccc(O)c2C1O. The number of hydrogen-bond donors (Lipinski definition) is 3. The van der Waals surface area contributed by atoms with Crippen molar-refractivity contribution >= 4 is 0 Å². The predicted molar refractivity (Wildman–Crippen MR) is 54.2 cm³/mol. The van der Waals surface area contributed by atoms with Crippen molar-refractivity contribution in [1.82, 2.24) is 5.32 Å². The molecule has 0 heterocycles. The summed E-state index contributed by atoms with van der Waals surface area (Å²) < 4.78 is 0. The Hall–Kier alpha value is -1.06. The normalized spacial score (nSPS) is 25.9. The molecular formula is C11H15NO2. The lowest BCUT2D eigenvalue weighted by Gasteiger charge is -2.30. The Balaban J connectivity index is 2.43.